The van der Waals surface area contributed by atoms with Gasteiger partial charge in [-0.15, -0.1) is 0 Å². The minimum Gasteiger partial charge on any atom is -0.452 e. The third-order valence-corrected chi connectivity index (χ3v) is 3.22. The van der Waals surface area contributed by atoms with Gasteiger partial charge in [-0.1, -0.05) is 0 Å². The SMILES string of the molecule is CCN(CC)C(=O)COC(=O)c1c(C)nn2cccnc12. The lowest BCUT2D eigenvalue weighted by Gasteiger charge is -2.18. The number of amides is 1. The lowest BCUT2D eigenvalue weighted by atomic mass is 10.2. The van der Waals surface area contributed by atoms with E-state index < -0.39 is 5.97 Å². The molecule has 0 bridgehead atoms. The standard InChI is InChI=1S/C14H18N4O3/c1-4-17(5-2)11(19)9-21-14(20)12-10(3)16-18-8-6-7-15-13(12)18/h6-8H,4-5,9H2,1-3H3. The molecule has 112 valence electrons. The fraction of sp³-hybridized carbons (Fsp3) is 0.429. The van der Waals surface area contributed by atoms with E-state index in [1.165, 1.54) is 4.52 Å². The van der Waals surface area contributed by atoms with Gasteiger partial charge in [-0.3, -0.25) is 4.79 Å². The monoisotopic (exact) mass is 290 g/mol. The fourth-order valence-electron chi connectivity index (χ4n) is 2.10. The predicted molar refractivity (Wildman–Crippen MR) is 75.9 cm³/mol. The quantitative estimate of drug-likeness (QED) is 0.770. The third kappa shape index (κ3) is 3.01. The van der Waals surface area contributed by atoms with Crippen LogP contribution in [0.15, 0.2) is 18.5 Å². The summed E-state index contributed by atoms with van der Waals surface area (Å²) in [6.45, 7) is 6.36. The summed E-state index contributed by atoms with van der Waals surface area (Å²) in [5.74, 6) is -0.794. The van der Waals surface area contributed by atoms with E-state index >= 15 is 0 Å². The van der Waals surface area contributed by atoms with E-state index in [0.29, 0.717) is 30.0 Å². The van der Waals surface area contributed by atoms with Crippen LogP contribution in [-0.2, 0) is 9.53 Å². The normalized spacial score (nSPS) is 10.6. The second-order valence-electron chi connectivity index (χ2n) is 4.49. The Labute approximate surface area is 122 Å². The molecule has 0 aromatic carbocycles. The van der Waals surface area contributed by atoms with Crippen molar-refractivity contribution >= 4 is 17.5 Å². The largest absolute Gasteiger partial charge is 0.452 e. The van der Waals surface area contributed by atoms with Crippen LogP contribution in [-0.4, -0.2) is 51.1 Å². The molecule has 0 aliphatic rings. The predicted octanol–water partition coefficient (Wildman–Crippen LogP) is 1.06. The molecule has 0 aliphatic carbocycles. The van der Waals surface area contributed by atoms with Gasteiger partial charge in [0.05, 0.1) is 5.69 Å². The van der Waals surface area contributed by atoms with E-state index in [0.717, 1.165) is 0 Å². The molecule has 0 atom stereocenters. The Hall–Kier alpha value is -2.44. The van der Waals surface area contributed by atoms with Gasteiger partial charge in [0.1, 0.15) is 5.56 Å². The highest BCUT2D eigenvalue weighted by atomic mass is 16.5. The summed E-state index contributed by atoms with van der Waals surface area (Å²) in [5, 5.41) is 4.19. The van der Waals surface area contributed by atoms with Crippen LogP contribution in [0, 0.1) is 6.92 Å². The highest BCUT2D eigenvalue weighted by Gasteiger charge is 2.21. The maximum atomic E-state index is 12.2. The fourth-order valence-corrected chi connectivity index (χ4v) is 2.10. The van der Waals surface area contributed by atoms with E-state index in [1.54, 1.807) is 30.3 Å². The van der Waals surface area contributed by atoms with E-state index in [9.17, 15) is 9.59 Å². The Morgan fingerprint density at radius 1 is 1.33 bits per heavy atom. The number of carbonyl (C=O) groups is 2. The third-order valence-electron chi connectivity index (χ3n) is 3.22. The lowest BCUT2D eigenvalue weighted by Crippen LogP contribution is -2.34. The van der Waals surface area contributed by atoms with Crippen LogP contribution in [0.5, 0.6) is 0 Å². The van der Waals surface area contributed by atoms with E-state index in [1.807, 2.05) is 13.8 Å². The molecule has 0 aliphatic heterocycles. The van der Waals surface area contributed by atoms with Crippen LogP contribution in [0.4, 0.5) is 0 Å². The number of carbonyl (C=O) groups excluding carboxylic acids is 2. The van der Waals surface area contributed by atoms with Crippen molar-refractivity contribution in [2.45, 2.75) is 20.8 Å². The first-order valence-corrected chi connectivity index (χ1v) is 6.83. The number of hydrogen-bond acceptors (Lipinski definition) is 5. The number of aryl methyl sites for hydroxylation is 1. The summed E-state index contributed by atoms with van der Waals surface area (Å²) in [4.78, 5) is 29.7. The van der Waals surface area contributed by atoms with Crippen molar-refractivity contribution in [2.24, 2.45) is 0 Å². The van der Waals surface area contributed by atoms with Crippen molar-refractivity contribution in [2.75, 3.05) is 19.7 Å². The topological polar surface area (TPSA) is 76.8 Å². The molecule has 1 amide bonds. The molecule has 2 rings (SSSR count). The molecule has 2 heterocycles. The van der Waals surface area contributed by atoms with Gasteiger partial charge in [-0.25, -0.2) is 14.3 Å². The molecular formula is C14H18N4O3. The molecule has 0 spiro atoms. The number of rotatable bonds is 5. The molecule has 0 saturated heterocycles. The van der Waals surface area contributed by atoms with Crippen LogP contribution < -0.4 is 0 Å². The highest BCUT2D eigenvalue weighted by Crippen LogP contribution is 2.14. The van der Waals surface area contributed by atoms with Gasteiger partial charge < -0.3 is 9.64 Å². The first-order chi connectivity index (χ1) is 10.1. The van der Waals surface area contributed by atoms with Gasteiger partial charge >= 0.3 is 5.97 Å². The van der Waals surface area contributed by atoms with Gasteiger partial charge in [0.2, 0.25) is 0 Å². The van der Waals surface area contributed by atoms with Crippen molar-refractivity contribution < 1.29 is 14.3 Å². The van der Waals surface area contributed by atoms with E-state index in [2.05, 4.69) is 10.1 Å². The molecule has 0 unspecified atom stereocenters. The Kier molecular flexibility index (Phi) is 4.52. The zero-order chi connectivity index (χ0) is 15.4. The van der Waals surface area contributed by atoms with Gasteiger partial charge in [0.25, 0.3) is 5.91 Å². The van der Waals surface area contributed by atoms with Crippen LogP contribution in [0.25, 0.3) is 5.65 Å². The second kappa shape index (κ2) is 6.34. The molecule has 2 aromatic rings. The molecule has 7 heteroatoms. The van der Waals surface area contributed by atoms with E-state index in [4.69, 9.17) is 4.74 Å². The maximum Gasteiger partial charge on any atom is 0.344 e. The molecule has 0 fully saturated rings. The van der Waals surface area contributed by atoms with Crippen LogP contribution in [0.3, 0.4) is 0 Å². The van der Waals surface area contributed by atoms with E-state index in [-0.39, 0.29) is 12.5 Å². The maximum absolute atomic E-state index is 12.2. The van der Waals surface area contributed by atoms with Crippen molar-refractivity contribution in [1.82, 2.24) is 19.5 Å². The second-order valence-corrected chi connectivity index (χ2v) is 4.49. The summed E-state index contributed by atoms with van der Waals surface area (Å²) in [6, 6.07) is 1.72. The first-order valence-electron chi connectivity index (χ1n) is 6.83. The summed E-state index contributed by atoms with van der Waals surface area (Å²) >= 11 is 0. The number of fused-ring (bicyclic) bond motifs is 1. The van der Waals surface area contributed by atoms with Gasteiger partial charge in [-0.05, 0) is 26.8 Å². The van der Waals surface area contributed by atoms with Crippen molar-refractivity contribution in [3.63, 3.8) is 0 Å². The zero-order valence-corrected chi connectivity index (χ0v) is 12.4. The molecule has 0 radical (unpaired) electrons. The molecule has 2 aromatic heterocycles. The average molecular weight is 290 g/mol. The molecule has 7 nitrogen and oxygen atoms in total. The molecule has 21 heavy (non-hydrogen) atoms. The zero-order valence-electron chi connectivity index (χ0n) is 12.4. The number of nitrogens with zero attached hydrogens (tertiary/aromatic N) is 4. The number of aromatic nitrogens is 3. The van der Waals surface area contributed by atoms with Crippen molar-refractivity contribution in [3.05, 3.63) is 29.7 Å². The molecule has 0 saturated carbocycles. The number of likely N-dealkylation sites (N-methyl/N-ethyl adjacent to an activating group) is 1. The van der Waals surface area contributed by atoms with Crippen LogP contribution >= 0.6 is 0 Å². The lowest BCUT2D eigenvalue weighted by molar-refractivity contribution is -0.134. The highest BCUT2D eigenvalue weighted by molar-refractivity contribution is 5.98. The molecular weight excluding hydrogens is 272 g/mol. The Balaban J connectivity index is 2.13. The summed E-state index contributed by atoms with van der Waals surface area (Å²) in [7, 11) is 0. The number of ether oxygens (including phenoxy) is 1. The first kappa shape index (κ1) is 15.0. The van der Waals surface area contributed by atoms with Crippen LogP contribution in [0.1, 0.15) is 29.9 Å². The van der Waals surface area contributed by atoms with Crippen LogP contribution in [0.2, 0.25) is 0 Å². The summed E-state index contributed by atoms with van der Waals surface area (Å²) < 4.78 is 6.61. The van der Waals surface area contributed by atoms with Crippen molar-refractivity contribution in [1.29, 1.82) is 0 Å². The van der Waals surface area contributed by atoms with Crippen molar-refractivity contribution in [3.8, 4) is 0 Å². The Morgan fingerprint density at radius 3 is 2.71 bits per heavy atom. The minimum atomic E-state index is -0.582. The number of hydrogen-bond donors (Lipinski definition) is 0. The summed E-state index contributed by atoms with van der Waals surface area (Å²) in [6.07, 6.45) is 3.28. The molecule has 0 N–H and O–H groups in total. The average Bonchev–Trinajstić information content (AvgIpc) is 2.82. The minimum absolute atomic E-state index is 0.213. The number of esters is 1. The van der Waals surface area contributed by atoms with Gasteiger partial charge in [0, 0.05) is 25.5 Å². The smallest absolute Gasteiger partial charge is 0.344 e. The Bertz CT molecular complexity index is 661. The van der Waals surface area contributed by atoms with Gasteiger partial charge in [-0.2, -0.15) is 5.10 Å². The Morgan fingerprint density at radius 2 is 2.05 bits per heavy atom. The van der Waals surface area contributed by atoms with Gasteiger partial charge in [0.15, 0.2) is 12.3 Å². The summed E-state index contributed by atoms with van der Waals surface area (Å²) in [5.41, 5.74) is 1.24.